The van der Waals surface area contributed by atoms with Crippen LogP contribution in [0.2, 0.25) is 0 Å². The van der Waals surface area contributed by atoms with Gasteiger partial charge in [-0.1, -0.05) is 0 Å². The molecular formula is C7H8F2N2O3. The van der Waals surface area contributed by atoms with Crippen molar-refractivity contribution < 1.29 is 23.8 Å². The molecule has 0 spiro atoms. The van der Waals surface area contributed by atoms with E-state index < -0.39 is 18.0 Å². The molecule has 0 bridgehead atoms. The first-order chi connectivity index (χ1) is 6.37. The highest BCUT2D eigenvalue weighted by molar-refractivity contribution is 5.76. The van der Waals surface area contributed by atoms with Crippen molar-refractivity contribution >= 4 is 5.97 Å². The fourth-order valence-electron chi connectivity index (χ4n) is 0.934. The number of aryl methyl sites for hydroxylation is 1. The number of alkyl halides is 2. The second kappa shape index (κ2) is 3.33. The molecule has 5 nitrogen and oxygen atoms in total. The Morgan fingerprint density at radius 3 is 2.64 bits per heavy atom. The largest absolute Gasteiger partial charge is 0.477 e. The van der Waals surface area contributed by atoms with Gasteiger partial charge in [-0.05, 0) is 0 Å². The van der Waals surface area contributed by atoms with Crippen molar-refractivity contribution in [2.75, 3.05) is 0 Å². The molecule has 0 amide bonds. The third kappa shape index (κ3) is 1.58. The Hall–Kier alpha value is -1.50. The summed E-state index contributed by atoms with van der Waals surface area (Å²) in [4.78, 5) is 13.6. The third-order valence-corrected chi connectivity index (χ3v) is 1.76. The Labute approximate surface area is 77.6 Å². The molecular weight excluding hydrogens is 198 g/mol. The van der Waals surface area contributed by atoms with Gasteiger partial charge in [-0.2, -0.15) is 8.78 Å². The first-order valence-electron chi connectivity index (χ1n) is 3.63. The molecule has 0 aliphatic carbocycles. The van der Waals surface area contributed by atoms with Gasteiger partial charge in [0.2, 0.25) is 0 Å². The maximum Gasteiger partial charge on any atom is 0.377 e. The van der Waals surface area contributed by atoms with Gasteiger partial charge in [-0.25, -0.2) is 9.78 Å². The first kappa shape index (κ1) is 10.6. The average Bonchev–Trinajstić information content (AvgIpc) is 2.49. The number of aliphatic carboxylic acids is 1. The van der Waals surface area contributed by atoms with Gasteiger partial charge in [-0.15, -0.1) is 0 Å². The van der Waals surface area contributed by atoms with Crippen LogP contribution in [-0.2, 0) is 11.8 Å². The highest BCUT2D eigenvalue weighted by Crippen LogP contribution is 2.30. The topological polar surface area (TPSA) is 75.3 Å². The Morgan fingerprint density at radius 2 is 2.29 bits per heavy atom. The minimum absolute atomic E-state index is 0.252. The molecule has 1 aromatic rings. The van der Waals surface area contributed by atoms with E-state index >= 15 is 0 Å². The summed E-state index contributed by atoms with van der Waals surface area (Å²) in [6.07, 6.45) is -0.217. The van der Waals surface area contributed by atoms with Gasteiger partial charge in [0.1, 0.15) is 0 Å². The Balaban J connectivity index is 3.02. The second-order valence-electron chi connectivity index (χ2n) is 2.76. The van der Waals surface area contributed by atoms with Crippen LogP contribution in [0.4, 0.5) is 8.78 Å². The lowest BCUT2D eigenvalue weighted by Gasteiger charge is -2.18. The van der Waals surface area contributed by atoms with Gasteiger partial charge in [0.25, 0.3) is 0 Å². The molecule has 1 atom stereocenters. The monoisotopic (exact) mass is 206 g/mol. The number of hydrogen-bond acceptors (Lipinski definition) is 3. The maximum atomic E-state index is 12.8. The zero-order chi connectivity index (χ0) is 10.9. The lowest BCUT2D eigenvalue weighted by Crippen LogP contribution is -2.36. The third-order valence-electron chi connectivity index (χ3n) is 1.76. The molecule has 78 valence electrons. The number of nitrogens with zero attached hydrogens (tertiary/aromatic N) is 2. The Morgan fingerprint density at radius 1 is 1.71 bits per heavy atom. The first-order valence-corrected chi connectivity index (χ1v) is 3.63. The van der Waals surface area contributed by atoms with Crippen LogP contribution in [0.1, 0.15) is 11.8 Å². The van der Waals surface area contributed by atoms with Crippen LogP contribution in [0.25, 0.3) is 0 Å². The highest BCUT2D eigenvalue weighted by atomic mass is 19.3. The van der Waals surface area contributed by atoms with E-state index in [1.165, 1.54) is 13.4 Å². The summed E-state index contributed by atoms with van der Waals surface area (Å²) in [6.45, 7) is 0. The molecule has 0 aliphatic heterocycles. The van der Waals surface area contributed by atoms with Crippen LogP contribution in [0.3, 0.4) is 0 Å². The summed E-state index contributed by atoms with van der Waals surface area (Å²) in [7, 11) is 1.38. The molecule has 0 saturated heterocycles. The van der Waals surface area contributed by atoms with E-state index in [4.69, 9.17) is 10.2 Å². The van der Waals surface area contributed by atoms with Crippen LogP contribution < -0.4 is 0 Å². The van der Waals surface area contributed by atoms with Gasteiger partial charge in [0.05, 0.1) is 18.2 Å². The van der Waals surface area contributed by atoms with E-state index in [0.29, 0.717) is 0 Å². The van der Waals surface area contributed by atoms with Crippen molar-refractivity contribution in [3.8, 4) is 0 Å². The van der Waals surface area contributed by atoms with Crippen molar-refractivity contribution in [1.82, 2.24) is 9.55 Å². The maximum absolute atomic E-state index is 12.8. The van der Waals surface area contributed by atoms with Gasteiger partial charge >= 0.3 is 11.9 Å². The van der Waals surface area contributed by atoms with Crippen molar-refractivity contribution in [3.05, 3.63) is 18.2 Å². The van der Waals surface area contributed by atoms with E-state index in [2.05, 4.69) is 4.98 Å². The van der Waals surface area contributed by atoms with Crippen LogP contribution in [-0.4, -0.2) is 31.7 Å². The molecule has 0 aromatic carbocycles. The molecule has 14 heavy (non-hydrogen) atoms. The number of aromatic nitrogens is 2. The Kier molecular flexibility index (Phi) is 2.52. The summed E-state index contributed by atoms with van der Waals surface area (Å²) in [6, 6.07) is 0. The molecule has 1 aromatic heterocycles. The lowest BCUT2D eigenvalue weighted by atomic mass is 10.1. The van der Waals surface area contributed by atoms with E-state index in [-0.39, 0.29) is 5.69 Å². The van der Waals surface area contributed by atoms with Crippen LogP contribution in [0.5, 0.6) is 0 Å². The molecule has 0 saturated carbocycles. The number of hydrogen-bond donors (Lipinski definition) is 2. The SMILES string of the molecule is Cn1cncc1C(O)C(F)(F)C(=O)O. The predicted octanol–water partition coefficient (Wildman–Crippen LogP) is 0.173. The molecule has 0 radical (unpaired) electrons. The fraction of sp³-hybridized carbons (Fsp3) is 0.429. The predicted molar refractivity (Wildman–Crippen MR) is 40.8 cm³/mol. The van der Waals surface area contributed by atoms with Crippen molar-refractivity contribution in [3.63, 3.8) is 0 Å². The number of halogens is 2. The van der Waals surface area contributed by atoms with Crippen LogP contribution in [0.15, 0.2) is 12.5 Å². The molecule has 1 rings (SSSR count). The number of rotatable bonds is 3. The number of aliphatic hydroxyl groups is 1. The summed E-state index contributed by atoms with van der Waals surface area (Å²) >= 11 is 0. The quantitative estimate of drug-likeness (QED) is 0.739. The molecule has 0 aliphatic rings. The molecule has 2 N–H and O–H groups in total. The van der Waals surface area contributed by atoms with Gasteiger partial charge in [0, 0.05) is 7.05 Å². The molecule has 0 fully saturated rings. The lowest BCUT2D eigenvalue weighted by molar-refractivity contribution is -0.183. The van der Waals surface area contributed by atoms with Crippen LogP contribution >= 0.6 is 0 Å². The number of carbonyl (C=O) groups is 1. The standard InChI is InChI=1S/C7H8F2N2O3/c1-11-3-10-2-4(11)5(12)7(8,9)6(13)14/h2-3,5,12H,1H3,(H,13,14). The second-order valence-corrected chi connectivity index (χ2v) is 2.76. The van der Waals surface area contributed by atoms with Crippen molar-refractivity contribution in [2.45, 2.75) is 12.0 Å². The highest BCUT2D eigenvalue weighted by Gasteiger charge is 2.48. The van der Waals surface area contributed by atoms with E-state index in [9.17, 15) is 13.6 Å². The molecule has 7 heteroatoms. The van der Waals surface area contributed by atoms with Gasteiger partial charge in [0.15, 0.2) is 6.10 Å². The number of imidazole rings is 1. The average molecular weight is 206 g/mol. The van der Waals surface area contributed by atoms with E-state index in [0.717, 1.165) is 10.8 Å². The summed E-state index contributed by atoms with van der Waals surface area (Å²) in [5.41, 5.74) is -0.252. The van der Waals surface area contributed by atoms with E-state index in [1.807, 2.05) is 0 Å². The number of aliphatic hydroxyl groups excluding tert-OH is 1. The van der Waals surface area contributed by atoms with Crippen molar-refractivity contribution in [2.24, 2.45) is 7.05 Å². The van der Waals surface area contributed by atoms with Gasteiger partial charge in [-0.3, -0.25) is 0 Å². The number of carboxylic acid groups (broad SMARTS) is 1. The fourth-order valence-corrected chi connectivity index (χ4v) is 0.934. The molecule has 1 heterocycles. The summed E-state index contributed by atoms with van der Waals surface area (Å²) < 4.78 is 26.7. The molecule has 1 unspecified atom stereocenters. The van der Waals surface area contributed by atoms with Gasteiger partial charge < -0.3 is 14.8 Å². The van der Waals surface area contributed by atoms with Crippen LogP contribution in [0, 0.1) is 0 Å². The Bertz CT molecular complexity index is 350. The zero-order valence-corrected chi connectivity index (χ0v) is 7.19. The minimum Gasteiger partial charge on any atom is -0.477 e. The minimum atomic E-state index is -4.21. The van der Waals surface area contributed by atoms with Crippen molar-refractivity contribution in [1.29, 1.82) is 0 Å². The zero-order valence-electron chi connectivity index (χ0n) is 7.19. The van der Waals surface area contributed by atoms with E-state index in [1.54, 1.807) is 0 Å². The summed E-state index contributed by atoms with van der Waals surface area (Å²) in [5, 5.41) is 17.3. The number of carboxylic acids is 1. The smallest absolute Gasteiger partial charge is 0.377 e. The normalized spacial score (nSPS) is 14.0. The summed E-state index contributed by atoms with van der Waals surface area (Å²) in [5.74, 6) is -6.58.